The minimum Gasteiger partial charge on any atom is -0.355 e. The average molecular weight is 350 g/mol. The van der Waals surface area contributed by atoms with Gasteiger partial charge in [0.15, 0.2) is 0 Å². The number of hydrogen-bond donors (Lipinski definition) is 1. The number of amides is 1. The fraction of sp³-hybridized carbons (Fsp3) is 0.312. The van der Waals surface area contributed by atoms with Crippen molar-refractivity contribution < 1.29 is 4.79 Å². The van der Waals surface area contributed by atoms with Gasteiger partial charge in [-0.1, -0.05) is 34.1 Å². The molecule has 3 rings (SSSR count). The van der Waals surface area contributed by atoms with Crippen molar-refractivity contribution in [2.75, 3.05) is 6.54 Å². The normalized spacial score (nSPS) is 15.8. The maximum absolute atomic E-state index is 12.4. The Balaban J connectivity index is 1.62. The zero-order chi connectivity index (χ0) is 14.0. The molecule has 1 aliphatic carbocycles. The van der Waals surface area contributed by atoms with E-state index in [1.807, 2.05) is 18.2 Å². The SMILES string of the molecule is O=C(NCCc1cccs1)C1(c2cccc(Br)c2)CC1. The molecule has 104 valence electrons. The van der Waals surface area contributed by atoms with E-state index < -0.39 is 0 Å². The summed E-state index contributed by atoms with van der Waals surface area (Å²) in [6.45, 7) is 0.717. The molecule has 1 saturated carbocycles. The minimum atomic E-state index is -0.279. The van der Waals surface area contributed by atoms with Gasteiger partial charge in [0.05, 0.1) is 5.41 Å². The standard InChI is InChI=1S/C16H16BrNOS/c17-13-4-1-3-12(11-13)16(7-8-16)15(19)18-9-6-14-5-2-10-20-14/h1-5,10-11H,6-9H2,(H,18,19). The third kappa shape index (κ3) is 2.81. The molecular weight excluding hydrogens is 334 g/mol. The van der Waals surface area contributed by atoms with E-state index in [0.717, 1.165) is 35.8 Å². The van der Waals surface area contributed by atoms with Crippen LogP contribution in [0, 0.1) is 0 Å². The summed E-state index contributed by atoms with van der Waals surface area (Å²) in [5.74, 6) is 0.173. The Morgan fingerprint density at radius 1 is 1.30 bits per heavy atom. The van der Waals surface area contributed by atoms with E-state index in [-0.39, 0.29) is 11.3 Å². The zero-order valence-electron chi connectivity index (χ0n) is 11.1. The van der Waals surface area contributed by atoms with Gasteiger partial charge in [0.1, 0.15) is 0 Å². The van der Waals surface area contributed by atoms with Crippen LogP contribution in [0.1, 0.15) is 23.3 Å². The van der Waals surface area contributed by atoms with Crippen molar-refractivity contribution in [3.8, 4) is 0 Å². The van der Waals surface area contributed by atoms with Crippen LogP contribution in [-0.2, 0) is 16.6 Å². The van der Waals surface area contributed by atoms with E-state index in [9.17, 15) is 4.79 Å². The lowest BCUT2D eigenvalue weighted by Crippen LogP contribution is -2.35. The second-order valence-corrected chi connectivity index (χ2v) is 7.13. The van der Waals surface area contributed by atoms with E-state index in [1.54, 1.807) is 11.3 Å². The van der Waals surface area contributed by atoms with Crippen LogP contribution in [0.25, 0.3) is 0 Å². The summed E-state index contributed by atoms with van der Waals surface area (Å²) < 4.78 is 1.03. The third-order valence-electron chi connectivity index (χ3n) is 3.80. The van der Waals surface area contributed by atoms with Gasteiger partial charge in [0.25, 0.3) is 0 Å². The molecule has 1 fully saturated rings. The first kappa shape index (κ1) is 13.8. The van der Waals surface area contributed by atoms with E-state index in [4.69, 9.17) is 0 Å². The molecule has 2 aromatic rings. The first-order valence-electron chi connectivity index (χ1n) is 6.77. The molecule has 0 aliphatic heterocycles. The Morgan fingerprint density at radius 3 is 2.80 bits per heavy atom. The maximum atomic E-state index is 12.4. The summed E-state index contributed by atoms with van der Waals surface area (Å²) in [6.07, 6.45) is 2.82. The number of thiophene rings is 1. The molecule has 2 nitrogen and oxygen atoms in total. The molecule has 4 heteroatoms. The number of carbonyl (C=O) groups is 1. The number of benzene rings is 1. The Kier molecular flexibility index (Phi) is 3.94. The highest BCUT2D eigenvalue weighted by Crippen LogP contribution is 2.48. The predicted molar refractivity (Wildman–Crippen MR) is 86.1 cm³/mol. The molecule has 1 amide bonds. The molecule has 20 heavy (non-hydrogen) atoms. The molecule has 1 heterocycles. The van der Waals surface area contributed by atoms with Gasteiger partial charge in [-0.25, -0.2) is 0 Å². The third-order valence-corrected chi connectivity index (χ3v) is 5.23. The van der Waals surface area contributed by atoms with Crippen molar-refractivity contribution >= 4 is 33.2 Å². The van der Waals surface area contributed by atoms with Crippen LogP contribution in [0.2, 0.25) is 0 Å². The quantitative estimate of drug-likeness (QED) is 0.871. The molecule has 0 unspecified atom stereocenters. The first-order valence-corrected chi connectivity index (χ1v) is 8.45. The molecule has 1 N–H and O–H groups in total. The predicted octanol–water partition coefficient (Wildman–Crippen LogP) is 3.90. The molecule has 0 spiro atoms. The first-order chi connectivity index (χ1) is 9.71. The van der Waals surface area contributed by atoms with Gasteiger partial charge in [-0.3, -0.25) is 4.79 Å². The highest BCUT2D eigenvalue weighted by atomic mass is 79.9. The molecule has 1 aromatic heterocycles. The molecular formula is C16H16BrNOS. The molecule has 0 bridgehead atoms. The van der Waals surface area contributed by atoms with Gasteiger partial charge in [0.2, 0.25) is 5.91 Å². The van der Waals surface area contributed by atoms with E-state index >= 15 is 0 Å². The van der Waals surface area contributed by atoms with Crippen LogP contribution in [-0.4, -0.2) is 12.5 Å². The fourth-order valence-corrected chi connectivity index (χ4v) is 3.59. The van der Waals surface area contributed by atoms with Crippen LogP contribution in [0.4, 0.5) is 0 Å². The maximum Gasteiger partial charge on any atom is 0.230 e. The van der Waals surface area contributed by atoms with Crippen molar-refractivity contribution in [3.05, 3.63) is 56.7 Å². The zero-order valence-corrected chi connectivity index (χ0v) is 13.5. The Labute approximate surface area is 131 Å². The number of hydrogen-bond acceptors (Lipinski definition) is 2. The van der Waals surface area contributed by atoms with Gasteiger partial charge >= 0.3 is 0 Å². The van der Waals surface area contributed by atoms with Crippen molar-refractivity contribution in [1.82, 2.24) is 5.32 Å². The summed E-state index contributed by atoms with van der Waals surface area (Å²) in [6, 6.07) is 12.3. The molecule has 0 atom stereocenters. The number of nitrogens with one attached hydrogen (secondary N) is 1. The summed E-state index contributed by atoms with van der Waals surface area (Å²) in [5, 5.41) is 5.16. The lowest BCUT2D eigenvalue weighted by atomic mass is 9.95. The number of carbonyl (C=O) groups excluding carboxylic acids is 1. The van der Waals surface area contributed by atoms with Crippen LogP contribution in [0.15, 0.2) is 46.3 Å². The van der Waals surface area contributed by atoms with Crippen LogP contribution in [0.5, 0.6) is 0 Å². The van der Waals surface area contributed by atoms with Crippen LogP contribution < -0.4 is 5.32 Å². The largest absolute Gasteiger partial charge is 0.355 e. The van der Waals surface area contributed by atoms with Crippen molar-refractivity contribution in [1.29, 1.82) is 0 Å². The van der Waals surface area contributed by atoms with Gasteiger partial charge in [-0.05, 0) is 48.4 Å². The topological polar surface area (TPSA) is 29.1 Å². The fourth-order valence-electron chi connectivity index (χ4n) is 2.48. The highest BCUT2D eigenvalue weighted by molar-refractivity contribution is 9.10. The minimum absolute atomic E-state index is 0.173. The van der Waals surface area contributed by atoms with Gasteiger partial charge < -0.3 is 5.32 Å². The lowest BCUT2D eigenvalue weighted by molar-refractivity contribution is -0.123. The van der Waals surface area contributed by atoms with Crippen LogP contribution in [0.3, 0.4) is 0 Å². The smallest absolute Gasteiger partial charge is 0.230 e. The monoisotopic (exact) mass is 349 g/mol. The molecule has 0 radical (unpaired) electrons. The van der Waals surface area contributed by atoms with Crippen molar-refractivity contribution in [2.45, 2.75) is 24.7 Å². The molecule has 1 aliphatic rings. The lowest BCUT2D eigenvalue weighted by Gasteiger charge is -2.16. The van der Waals surface area contributed by atoms with E-state index in [2.05, 4.69) is 44.8 Å². The number of rotatable bonds is 5. The Hall–Kier alpha value is -1.13. The Bertz CT molecular complexity index is 605. The van der Waals surface area contributed by atoms with Gasteiger partial charge in [0, 0.05) is 15.9 Å². The van der Waals surface area contributed by atoms with E-state index in [1.165, 1.54) is 4.88 Å². The van der Waals surface area contributed by atoms with Crippen molar-refractivity contribution in [2.24, 2.45) is 0 Å². The summed E-state index contributed by atoms with van der Waals surface area (Å²) in [7, 11) is 0. The van der Waals surface area contributed by atoms with Crippen LogP contribution >= 0.6 is 27.3 Å². The number of halogens is 1. The molecule has 1 aromatic carbocycles. The van der Waals surface area contributed by atoms with Gasteiger partial charge in [-0.15, -0.1) is 11.3 Å². The second kappa shape index (κ2) is 5.70. The van der Waals surface area contributed by atoms with Crippen molar-refractivity contribution in [3.63, 3.8) is 0 Å². The summed E-state index contributed by atoms with van der Waals surface area (Å²) >= 11 is 5.22. The Morgan fingerprint density at radius 2 is 2.15 bits per heavy atom. The van der Waals surface area contributed by atoms with Gasteiger partial charge in [-0.2, -0.15) is 0 Å². The summed E-state index contributed by atoms with van der Waals surface area (Å²) in [4.78, 5) is 13.8. The van der Waals surface area contributed by atoms with E-state index in [0.29, 0.717) is 0 Å². The highest BCUT2D eigenvalue weighted by Gasteiger charge is 2.51. The summed E-state index contributed by atoms with van der Waals surface area (Å²) in [5.41, 5.74) is 0.847. The average Bonchev–Trinajstić information content (AvgIpc) is 3.10. The second-order valence-electron chi connectivity index (χ2n) is 5.18. The molecule has 0 saturated heterocycles.